The van der Waals surface area contributed by atoms with Crippen molar-refractivity contribution in [2.45, 2.75) is 26.9 Å². The second-order valence-electron chi connectivity index (χ2n) is 6.42. The Morgan fingerprint density at radius 2 is 1.76 bits per heavy atom. The predicted octanol–water partition coefficient (Wildman–Crippen LogP) is 7.24. The average Bonchev–Trinajstić information content (AvgIpc) is 2.73. The summed E-state index contributed by atoms with van der Waals surface area (Å²) >= 11 is 8.51. The molecule has 0 atom stereocenters. The molecule has 0 N–H and O–H groups in total. The van der Waals surface area contributed by atoms with Crippen molar-refractivity contribution < 1.29 is 9.47 Å². The van der Waals surface area contributed by atoms with Crippen molar-refractivity contribution >= 4 is 46.1 Å². The van der Waals surface area contributed by atoms with Crippen molar-refractivity contribution in [2.24, 2.45) is 4.99 Å². The number of hydrogen-bond donors (Lipinski definition) is 0. The Labute approximate surface area is 190 Å². The van der Waals surface area contributed by atoms with Gasteiger partial charge in [-0.25, -0.2) is 0 Å². The van der Waals surface area contributed by atoms with E-state index in [2.05, 4.69) is 46.6 Å². The van der Waals surface area contributed by atoms with Crippen molar-refractivity contribution in [3.8, 4) is 11.5 Å². The monoisotopic (exact) mass is 519 g/mol. The van der Waals surface area contributed by atoms with E-state index in [1.807, 2.05) is 61.7 Å². The van der Waals surface area contributed by atoms with Crippen LogP contribution in [0.1, 0.15) is 30.5 Å². The Morgan fingerprint density at radius 3 is 2.45 bits per heavy atom. The minimum Gasteiger partial charge on any atom is -0.490 e. The van der Waals surface area contributed by atoms with Crippen LogP contribution >= 0.6 is 34.2 Å². The molecule has 3 nitrogen and oxygen atoms in total. The van der Waals surface area contributed by atoms with Crippen LogP contribution in [-0.4, -0.2) is 12.8 Å². The largest absolute Gasteiger partial charge is 0.490 e. The first-order valence-corrected chi connectivity index (χ1v) is 11.0. The van der Waals surface area contributed by atoms with Crippen molar-refractivity contribution in [1.82, 2.24) is 0 Å². The minimum atomic E-state index is 0.382. The Balaban J connectivity index is 1.81. The van der Waals surface area contributed by atoms with Gasteiger partial charge < -0.3 is 9.47 Å². The third-order valence-corrected chi connectivity index (χ3v) is 5.54. The van der Waals surface area contributed by atoms with Gasteiger partial charge in [0.1, 0.15) is 6.61 Å². The van der Waals surface area contributed by atoms with E-state index in [-0.39, 0.29) is 0 Å². The molecular weight excluding hydrogens is 497 g/mol. The van der Waals surface area contributed by atoms with Gasteiger partial charge in [0, 0.05) is 16.8 Å². The van der Waals surface area contributed by atoms with Crippen molar-refractivity contribution in [1.29, 1.82) is 0 Å². The first-order valence-electron chi connectivity index (χ1n) is 9.56. The van der Waals surface area contributed by atoms with Crippen LogP contribution in [0.3, 0.4) is 0 Å². The summed E-state index contributed by atoms with van der Waals surface area (Å²) in [6.45, 7) is 5.04. The first-order chi connectivity index (χ1) is 14.1. The molecule has 0 aliphatic carbocycles. The average molecular weight is 520 g/mol. The zero-order valence-electron chi connectivity index (χ0n) is 16.5. The molecule has 0 fully saturated rings. The summed E-state index contributed by atoms with van der Waals surface area (Å²) in [6.07, 6.45) is 2.87. The Morgan fingerprint density at radius 1 is 1.00 bits per heavy atom. The number of nitrogens with zero attached hydrogens (tertiary/aromatic N) is 1. The SMILES string of the molecule is CCOc1cc(C=Nc2ccc(CC)cc2)cc(I)c1OCc1ccccc1Cl. The molecule has 0 heterocycles. The number of hydrogen-bond acceptors (Lipinski definition) is 3. The molecule has 5 heteroatoms. The maximum Gasteiger partial charge on any atom is 0.175 e. The molecule has 0 saturated carbocycles. The zero-order chi connectivity index (χ0) is 20.6. The number of aryl methyl sites for hydroxylation is 1. The van der Waals surface area contributed by atoms with E-state index in [1.54, 1.807) is 0 Å². The molecule has 3 aromatic rings. The van der Waals surface area contributed by atoms with Crippen LogP contribution in [0.2, 0.25) is 5.02 Å². The van der Waals surface area contributed by atoms with Crippen molar-refractivity contribution in [2.75, 3.05) is 6.61 Å². The lowest BCUT2D eigenvalue weighted by atomic mass is 10.1. The maximum absolute atomic E-state index is 6.24. The van der Waals surface area contributed by atoms with Crippen LogP contribution < -0.4 is 9.47 Å². The highest BCUT2D eigenvalue weighted by Crippen LogP contribution is 2.35. The normalized spacial score (nSPS) is 11.0. The number of aliphatic imine (C=N–C) groups is 1. The molecule has 29 heavy (non-hydrogen) atoms. The van der Waals surface area contributed by atoms with E-state index in [9.17, 15) is 0 Å². The van der Waals surface area contributed by atoms with E-state index in [0.29, 0.717) is 24.0 Å². The Kier molecular flexibility index (Phi) is 7.95. The van der Waals surface area contributed by atoms with Crippen LogP contribution in [0.5, 0.6) is 11.5 Å². The zero-order valence-corrected chi connectivity index (χ0v) is 19.4. The van der Waals surface area contributed by atoms with Crippen LogP contribution in [0.4, 0.5) is 5.69 Å². The van der Waals surface area contributed by atoms with E-state index >= 15 is 0 Å². The molecule has 0 bridgehead atoms. The molecule has 0 aliphatic heterocycles. The van der Waals surface area contributed by atoms with Gasteiger partial charge in [0.2, 0.25) is 0 Å². The van der Waals surface area contributed by atoms with Gasteiger partial charge in [0.25, 0.3) is 0 Å². The lowest BCUT2D eigenvalue weighted by Crippen LogP contribution is -2.03. The maximum atomic E-state index is 6.24. The van der Waals surface area contributed by atoms with Crippen LogP contribution in [-0.2, 0) is 13.0 Å². The third kappa shape index (κ3) is 5.97. The molecule has 150 valence electrons. The molecule has 0 unspecified atom stereocenters. The summed E-state index contributed by atoms with van der Waals surface area (Å²) in [5, 5.41) is 0.693. The van der Waals surface area contributed by atoms with E-state index < -0.39 is 0 Å². The summed E-state index contributed by atoms with van der Waals surface area (Å²) < 4.78 is 12.9. The van der Waals surface area contributed by atoms with Crippen LogP contribution in [0, 0.1) is 3.57 Å². The van der Waals surface area contributed by atoms with E-state index in [4.69, 9.17) is 21.1 Å². The molecule has 3 rings (SSSR count). The summed E-state index contributed by atoms with van der Waals surface area (Å²) in [4.78, 5) is 4.59. The van der Waals surface area contributed by atoms with Crippen LogP contribution in [0.15, 0.2) is 65.7 Å². The smallest absolute Gasteiger partial charge is 0.175 e. The van der Waals surface area contributed by atoms with Gasteiger partial charge in [-0.3, -0.25) is 4.99 Å². The van der Waals surface area contributed by atoms with Gasteiger partial charge in [-0.2, -0.15) is 0 Å². The molecule has 0 spiro atoms. The summed E-state index contributed by atoms with van der Waals surface area (Å²) in [7, 11) is 0. The standard InChI is InChI=1S/C24H23ClINO2/c1-3-17-9-11-20(12-10-17)27-15-18-13-22(26)24(23(14-18)28-4-2)29-16-19-7-5-6-8-21(19)25/h5-15H,3-4,16H2,1-2H3. The summed E-state index contributed by atoms with van der Waals surface area (Å²) in [6, 6.07) is 19.9. The highest BCUT2D eigenvalue weighted by atomic mass is 127. The molecule has 0 saturated heterocycles. The highest BCUT2D eigenvalue weighted by molar-refractivity contribution is 14.1. The second kappa shape index (κ2) is 10.6. The van der Waals surface area contributed by atoms with Gasteiger partial charge >= 0.3 is 0 Å². The van der Waals surface area contributed by atoms with Gasteiger partial charge in [-0.1, -0.05) is 48.9 Å². The lowest BCUT2D eigenvalue weighted by molar-refractivity contribution is 0.267. The molecule has 0 radical (unpaired) electrons. The molecule has 0 amide bonds. The predicted molar refractivity (Wildman–Crippen MR) is 129 cm³/mol. The van der Waals surface area contributed by atoms with E-state index in [0.717, 1.165) is 32.6 Å². The summed E-state index contributed by atoms with van der Waals surface area (Å²) in [5.74, 6) is 1.42. The van der Waals surface area contributed by atoms with Gasteiger partial charge in [0.15, 0.2) is 11.5 Å². The fraction of sp³-hybridized carbons (Fsp3) is 0.208. The number of benzene rings is 3. The lowest BCUT2D eigenvalue weighted by Gasteiger charge is -2.15. The number of ether oxygens (including phenoxy) is 2. The highest BCUT2D eigenvalue weighted by Gasteiger charge is 2.13. The van der Waals surface area contributed by atoms with Gasteiger partial charge in [-0.05, 0) is 77.4 Å². The third-order valence-electron chi connectivity index (χ3n) is 4.37. The number of halogens is 2. The molecule has 0 aromatic heterocycles. The van der Waals surface area contributed by atoms with Gasteiger partial charge in [-0.15, -0.1) is 0 Å². The molecule has 3 aromatic carbocycles. The van der Waals surface area contributed by atoms with Gasteiger partial charge in [0.05, 0.1) is 15.9 Å². The van der Waals surface area contributed by atoms with Crippen molar-refractivity contribution in [3.05, 3.63) is 85.9 Å². The summed E-state index contributed by atoms with van der Waals surface area (Å²) in [5.41, 5.74) is 4.13. The quantitative estimate of drug-likeness (QED) is 0.232. The van der Waals surface area contributed by atoms with Crippen molar-refractivity contribution in [3.63, 3.8) is 0 Å². The second-order valence-corrected chi connectivity index (χ2v) is 7.99. The molecule has 0 aliphatic rings. The fourth-order valence-electron chi connectivity index (χ4n) is 2.80. The topological polar surface area (TPSA) is 30.8 Å². The Bertz CT molecular complexity index is 987. The first kappa shape index (κ1) is 21.7. The Hall–Kier alpha value is -2.05. The fourth-order valence-corrected chi connectivity index (χ4v) is 3.77. The molecular formula is C24H23ClINO2. The number of rotatable bonds is 8. The van der Waals surface area contributed by atoms with Crippen LogP contribution in [0.25, 0.3) is 0 Å². The minimum absolute atomic E-state index is 0.382. The van der Waals surface area contributed by atoms with E-state index in [1.165, 1.54) is 5.56 Å².